The van der Waals surface area contributed by atoms with Gasteiger partial charge in [-0.05, 0) is 19.3 Å². The van der Waals surface area contributed by atoms with E-state index in [4.69, 9.17) is 11.5 Å². The number of nitrogens with zero attached hydrogens (tertiary/aromatic N) is 2. The van der Waals surface area contributed by atoms with Crippen LogP contribution in [0.25, 0.3) is 0 Å². The molecule has 1 spiro atoms. The maximum Gasteiger partial charge on any atom is 0.249 e. The second kappa shape index (κ2) is 5.61. The third-order valence-corrected chi connectivity index (χ3v) is 4.49. The molecular formula is C12H20N4O3S. The van der Waals surface area contributed by atoms with Crippen molar-refractivity contribution in [1.29, 1.82) is 0 Å². The van der Waals surface area contributed by atoms with E-state index in [1.807, 2.05) is 0 Å². The fourth-order valence-electron chi connectivity index (χ4n) is 3.12. The van der Waals surface area contributed by atoms with Crippen LogP contribution in [0.3, 0.4) is 0 Å². The van der Waals surface area contributed by atoms with Gasteiger partial charge in [-0.15, -0.1) is 0 Å². The third-order valence-electron chi connectivity index (χ3n) is 4.10. The Kier molecular flexibility index (Phi) is 4.24. The summed E-state index contributed by atoms with van der Waals surface area (Å²) in [5, 5.41) is 0. The van der Waals surface area contributed by atoms with E-state index < -0.39 is 17.5 Å². The normalized spacial score (nSPS) is 27.4. The molecule has 1 unspecified atom stereocenters. The monoisotopic (exact) mass is 300 g/mol. The molecule has 2 aliphatic heterocycles. The van der Waals surface area contributed by atoms with Crippen LogP contribution in [0.2, 0.25) is 0 Å². The van der Waals surface area contributed by atoms with E-state index in [1.165, 1.54) is 4.90 Å². The predicted octanol–water partition coefficient (Wildman–Crippen LogP) is -1.68. The lowest BCUT2D eigenvalue weighted by Gasteiger charge is -2.34. The number of likely N-dealkylation sites (tertiary alicyclic amines) is 2. The van der Waals surface area contributed by atoms with Crippen LogP contribution in [0.15, 0.2) is 0 Å². The second-order valence-electron chi connectivity index (χ2n) is 5.36. The van der Waals surface area contributed by atoms with E-state index in [1.54, 1.807) is 4.90 Å². The number of hydrogen-bond acceptors (Lipinski definition) is 5. The minimum Gasteiger partial charge on any atom is -0.368 e. The van der Waals surface area contributed by atoms with E-state index in [-0.39, 0.29) is 24.1 Å². The first-order valence-electron chi connectivity index (χ1n) is 6.68. The molecule has 0 aromatic heterocycles. The molecule has 8 heteroatoms. The van der Waals surface area contributed by atoms with Crippen molar-refractivity contribution in [3.8, 4) is 0 Å². The quantitative estimate of drug-likeness (QED) is 0.539. The SMILES string of the molecule is NC(=O)CN1CCC2(CCCN2C(=O)[C@@H](N)CS)C1=O. The zero-order valence-electron chi connectivity index (χ0n) is 11.2. The number of primary amides is 1. The van der Waals surface area contributed by atoms with Gasteiger partial charge >= 0.3 is 0 Å². The Hall–Kier alpha value is -1.28. The first-order valence-corrected chi connectivity index (χ1v) is 7.31. The van der Waals surface area contributed by atoms with E-state index in [9.17, 15) is 14.4 Å². The van der Waals surface area contributed by atoms with Crippen molar-refractivity contribution in [2.45, 2.75) is 30.8 Å². The molecule has 0 aromatic rings. The van der Waals surface area contributed by atoms with Gasteiger partial charge in [0.2, 0.25) is 17.7 Å². The van der Waals surface area contributed by atoms with Gasteiger partial charge < -0.3 is 21.3 Å². The number of rotatable bonds is 4. The van der Waals surface area contributed by atoms with Crippen LogP contribution in [0.5, 0.6) is 0 Å². The minimum absolute atomic E-state index is 0.0960. The molecule has 0 aromatic carbocycles. The molecule has 0 aliphatic carbocycles. The number of carbonyl (C=O) groups excluding carboxylic acids is 3. The van der Waals surface area contributed by atoms with Crippen molar-refractivity contribution < 1.29 is 14.4 Å². The van der Waals surface area contributed by atoms with E-state index in [0.717, 1.165) is 6.42 Å². The van der Waals surface area contributed by atoms with Gasteiger partial charge in [-0.25, -0.2) is 0 Å². The molecule has 2 atom stereocenters. The Bertz CT molecular complexity index is 444. The largest absolute Gasteiger partial charge is 0.368 e. The standard InChI is InChI=1S/C12H20N4O3S/c13-8(7-20)10(18)16-4-1-2-12(16)3-5-15(11(12)19)6-9(14)17/h8,20H,1-7,13H2,(H2,14,17)/t8-,12?/m0/s1. The average molecular weight is 300 g/mol. The summed E-state index contributed by atoms with van der Waals surface area (Å²) in [5.74, 6) is -0.733. The second-order valence-corrected chi connectivity index (χ2v) is 5.72. The fraction of sp³-hybridized carbons (Fsp3) is 0.750. The molecule has 2 aliphatic rings. The van der Waals surface area contributed by atoms with Crippen molar-refractivity contribution in [3.05, 3.63) is 0 Å². The van der Waals surface area contributed by atoms with Crippen LogP contribution < -0.4 is 11.5 Å². The summed E-state index contributed by atoms with van der Waals surface area (Å²) >= 11 is 4.04. The molecule has 2 rings (SSSR count). The van der Waals surface area contributed by atoms with Crippen LogP contribution in [0.4, 0.5) is 0 Å². The van der Waals surface area contributed by atoms with Gasteiger partial charge in [0.1, 0.15) is 5.54 Å². The van der Waals surface area contributed by atoms with Gasteiger partial charge in [-0.3, -0.25) is 14.4 Å². The highest BCUT2D eigenvalue weighted by atomic mass is 32.1. The van der Waals surface area contributed by atoms with Crippen molar-refractivity contribution >= 4 is 30.4 Å². The summed E-state index contributed by atoms with van der Waals surface area (Å²) in [7, 11) is 0. The lowest BCUT2D eigenvalue weighted by atomic mass is 9.93. The molecule has 20 heavy (non-hydrogen) atoms. The van der Waals surface area contributed by atoms with E-state index in [2.05, 4.69) is 12.6 Å². The summed E-state index contributed by atoms with van der Waals surface area (Å²) in [6, 6.07) is -0.703. The van der Waals surface area contributed by atoms with Crippen LogP contribution in [-0.4, -0.2) is 64.5 Å². The Morgan fingerprint density at radius 1 is 1.35 bits per heavy atom. The molecule has 0 saturated carbocycles. The number of nitrogens with two attached hydrogens (primary N) is 2. The zero-order chi connectivity index (χ0) is 14.9. The lowest BCUT2D eigenvalue weighted by molar-refractivity contribution is -0.147. The zero-order valence-corrected chi connectivity index (χ0v) is 12.1. The number of carbonyl (C=O) groups is 3. The summed E-state index contributed by atoms with van der Waals surface area (Å²) in [5.41, 5.74) is 10.1. The van der Waals surface area contributed by atoms with Crippen LogP contribution in [0.1, 0.15) is 19.3 Å². The summed E-state index contributed by atoms with van der Waals surface area (Å²) in [6.45, 7) is 0.874. The Labute approximate surface area is 123 Å². The molecule has 2 fully saturated rings. The molecule has 2 saturated heterocycles. The van der Waals surface area contributed by atoms with Gasteiger partial charge in [0.25, 0.3) is 0 Å². The summed E-state index contributed by atoms with van der Waals surface area (Å²) in [6.07, 6.45) is 1.91. The summed E-state index contributed by atoms with van der Waals surface area (Å²) < 4.78 is 0. The minimum atomic E-state index is -0.826. The highest BCUT2D eigenvalue weighted by molar-refractivity contribution is 7.80. The van der Waals surface area contributed by atoms with Gasteiger partial charge in [0, 0.05) is 18.8 Å². The fourth-order valence-corrected chi connectivity index (χ4v) is 3.28. The number of amides is 3. The molecule has 7 nitrogen and oxygen atoms in total. The molecule has 112 valence electrons. The number of hydrogen-bond donors (Lipinski definition) is 3. The van der Waals surface area contributed by atoms with E-state index in [0.29, 0.717) is 25.9 Å². The molecule has 3 amide bonds. The summed E-state index contributed by atoms with van der Waals surface area (Å²) in [4.78, 5) is 38.9. The molecule has 0 radical (unpaired) electrons. The Balaban J connectivity index is 2.19. The van der Waals surface area contributed by atoms with Gasteiger partial charge in [0.15, 0.2) is 0 Å². The van der Waals surface area contributed by atoms with Crippen LogP contribution >= 0.6 is 12.6 Å². The highest BCUT2D eigenvalue weighted by Gasteiger charge is 2.55. The molecular weight excluding hydrogens is 280 g/mol. The maximum atomic E-state index is 12.6. The first kappa shape index (κ1) is 15.1. The van der Waals surface area contributed by atoms with Crippen LogP contribution in [0, 0.1) is 0 Å². The molecule has 4 N–H and O–H groups in total. The van der Waals surface area contributed by atoms with E-state index >= 15 is 0 Å². The van der Waals surface area contributed by atoms with Crippen molar-refractivity contribution in [2.75, 3.05) is 25.4 Å². The first-order chi connectivity index (χ1) is 9.42. The van der Waals surface area contributed by atoms with Crippen molar-refractivity contribution in [2.24, 2.45) is 11.5 Å². The van der Waals surface area contributed by atoms with Gasteiger partial charge in [-0.2, -0.15) is 12.6 Å². The highest BCUT2D eigenvalue weighted by Crippen LogP contribution is 2.38. The van der Waals surface area contributed by atoms with Crippen molar-refractivity contribution in [1.82, 2.24) is 9.80 Å². The predicted molar refractivity (Wildman–Crippen MR) is 75.9 cm³/mol. The topological polar surface area (TPSA) is 110 Å². The van der Waals surface area contributed by atoms with Crippen molar-refractivity contribution in [3.63, 3.8) is 0 Å². The lowest BCUT2D eigenvalue weighted by Crippen LogP contribution is -2.57. The molecule has 2 heterocycles. The van der Waals surface area contributed by atoms with Gasteiger partial charge in [-0.1, -0.05) is 0 Å². The molecule has 0 bridgehead atoms. The Morgan fingerprint density at radius 3 is 2.65 bits per heavy atom. The Morgan fingerprint density at radius 2 is 2.05 bits per heavy atom. The third kappa shape index (κ3) is 2.37. The van der Waals surface area contributed by atoms with Gasteiger partial charge in [0.05, 0.1) is 12.6 Å². The maximum absolute atomic E-state index is 12.6. The average Bonchev–Trinajstić information content (AvgIpc) is 2.97. The smallest absolute Gasteiger partial charge is 0.249 e. The van der Waals surface area contributed by atoms with Crippen LogP contribution in [-0.2, 0) is 14.4 Å². The number of thiol groups is 1.